The third-order valence-electron chi connectivity index (χ3n) is 3.95. The van der Waals surface area contributed by atoms with Crippen LogP contribution in [-0.4, -0.2) is 19.6 Å². The standard InChI is InChI=1S/C17H26F2N2/c1-12(2)9-20-10-13-7-14(18)16(15(19)8-13)21-6-5-17(3,4)11-21/h7-8,12,20H,5-6,9-11H2,1-4H3. The van der Waals surface area contributed by atoms with Gasteiger partial charge in [-0.05, 0) is 42.0 Å². The summed E-state index contributed by atoms with van der Waals surface area (Å²) in [7, 11) is 0. The normalized spacial score (nSPS) is 17.8. The first-order valence-corrected chi connectivity index (χ1v) is 7.72. The number of hydrogen-bond donors (Lipinski definition) is 1. The minimum absolute atomic E-state index is 0.121. The predicted molar refractivity (Wildman–Crippen MR) is 83.5 cm³/mol. The molecule has 0 atom stereocenters. The molecule has 2 nitrogen and oxygen atoms in total. The number of nitrogens with one attached hydrogen (secondary N) is 1. The highest BCUT2D eigenvalue weighted by molar-refractivity contribution is 5.52. The predicted octanol–water partition coefficient (Wildman–Crippen LogP) is 3.95. The van der Waals surface area contributed by atoms with Crippen molar-refractivity contribution in [1.82, 2.24) is 5.32 Å². The molecule has 0 aliphatic carbocycles. The van der Waals surface area contributed by atoms with Crippen LogP contribution in [0.1, 0.15) is 39.7 Å². The van der Waals surface area contributed by atoms with E-state index in [0.29, 0.717) is 31.1 Å². The van der Waals surface area contributed by atoms with E-state index in [1.807, 2.05) is 4.90 Å². The fourth-order valence-corrected chi connectivity index (χ4v) is 2.83. The molecule has 0 radical (unpaired) electrons. The maximum Gasteiger partial charge on any atom is 0.149 e. The summed E-state index contributed by atoms with van der Waals surface area (Å²) in [6.45, 7) is 11.2. The fraction of sp³-hybridized carbons (Fsp3) is 0.647. The maximum atomic E-state index is 14.3. The number of anilines is 1. The van der Waals surface area contributed by atoms with Crippen LogP contribution in [0.25, 0.3) is 0 Å². The van der Waals surface area contributed by atoms with Gasteiger partial charge in [-0.2, -0.15) is 0 Å². The molecule has 0 spiro atoms. The van der Waals surface area contributed by atoms with Crippen LogP contribution >= 0.6 is 0 Å². The largest absolute Gasteiger partial charge is 0.366 e. The third kappa shape index (κ3) is 4.16. The van der Waals surface area contributed by atoms with Gasteiger partial charge in [-0.1, -0.05) is 27.7 Å². The molecule has 1 aliphatic rings. The molecule has 0 bridgehead atoms. The van der Waals surface area contributed by atoms with Gasteiger partial charge in [0.1, 0.15) is 17.3 Å². The van der Waals surface area contributed by atoms with Gasteiger partial charge in [-0.3, -0.25) is 0 Å². The summed E-state index contributed by atoms with van der Waals surface area (Å²) in [5.41, 5.74) is 0.914. The second kappa shape index (κ2) is 6.30. The zero-order valence-electron chi connectivity index (χ0n) is 13.5. The monoisotopic (exact) mass is 296 g/mol. The van der Waals surface area contributed by atoms with Gasteiger partial charge >= 0.3 is 0 Å². The molecule has 1 saturated heterocycles. The van der Waals surface area contributed by atoms with Gasteiger partial charge in [-0.25, -0.2) is 8.78 Å². The zero-order chi connectivity index (χ0) is 15.6. The van der Waals surface area contributed by atoms with Crippen LogP contribution in [0.15, 0.2) is 12.1 Å². The van der Waals surface area contributed by atoms with E-state index < -0.39 is 11.6 Å². The molecule has 1 heterocycles. The molecule has 21 heavy (non-hydrogen) atoms. The van der Waals surface area contributed by atoms with Gasteiger partial charge in [0.05, 0.1) is 0 Å². The summed E-state index contributed by atoms with van der Waals surface area (Å²) in [6, 6.07) is 2.91. The van der Waals surface area contributed by atoms with Crippen molar-refractivity contribution in [3.8, 4) is 0 Å². The molecule has 118 valence electrons. The van der Waals surface area contributed by atoms with Gasteiger partial charge in [-0.15, -0.1) is 0 Å². The summed E-state index contributed by atoms with van der Waals surface area (Å²) in [4.78, 5) is 1.83. The molecule has 4 heteroatoms. The molecule has 1 fully saturated rings. The molecule has 1 aromatic rings. The van der Waals surface area contributed by atoms with Crippen molar-refractivity contribution >= 4 is 5.69 Å². The molecule has 0 amide bonds. The van der Waals surface area contributed by atoms with E-state index >= 15 is 0 Å². The Hall–Kier alpha value is -1.16. The second-order valence-corrected chi connectivity index (χ2v) is 7.27. The highest BCUT2D eigenvalue weighted by Crippen LogP contribution is 2.35. The van der Waals surface area contributed by atoms with Crippen molar-refractivity contribution < 1.29 is 8.78 Å². The van der Waals surface area contributed by atoms with Gasteiger partial charge < -0.3 is 10.2 Å². The number of halogens is 2. The minimum Gasteiger partial charge on any atom is -0.366 e. The Labute approximate surface area is 126 Å². The lowest BCUT2D eigenvalue weighted by Gasteiger charge is -2.23. The summed E-state index contributed by atoms with van der Waals surface area (Å²) >= 11 is 0. The average Bonchev–Trinajstić information content (AvgIpc) is 2.68. The lowest BCUT2D eigenvalue weighted by atomic mass is 9.93. The quantitative estimate of drug-likeness (QED) is 0.885. The Balaban J connectivity index is 2.11. The molecular formula is C17H26F2N2. The summed E-state index contributed by atoms with van der Waals surface area (Å²) in [5, 5.41) is 3.21. The van der Waals surface area contributed by atoms with Crippen molar-refractivity contribution in [2.45, 2.75) is 40.7 Å². The third-order valence-corrected chi connectivity index (χ3v) is 3.95. The highest BCUT2D eigenvalue weighted by atomic mass is 19.1. The first kappa shape index (κ1) is 16.2. The fourth-order valence-electron chi connectivity index (χ4n) is 2.83. The van der Waals surface area contributed by atoms with Crippen LogP contribution in [0.4, 0.5) is 14.5 Å². The number of rotatable bonds is 5. The van der Waals surface area contributed by atoms with Crippen molar-refractivity contribution in [3.63, 3.8) is 0 Å². The molecular weight excluding hydrogens is 270 g/mol. The Kier molecular flexibility index (Phi) is 4.87. The molecule has 0 saturated carbocycles. The van der Waals surface area contributed by atoms with Crippen LogP contribution < -0.4 is 10.2 Å². The van der Waals surface area contributed by atoms with Crippen LogP contribution in [0.3, 0.4) is 0 Å². The van der Waals surface area contributed by atoms with Gasteiger partial charge in [0, 0.05) is 19.6 Å². The van der Waals surface area contributed by atoms with Crippen molar-refractivity contribution in [1.29, 1.82) is 0 Å². The molecule has 1 N–H and O–H groups in total. The first-order chi connectivity index (χ1) is 9.78. The van der Waals surface area contributed by atoms with Crippen LogP contribution in [-0.2, 0) is 6.54 Å². The lowest BCUT2D eigenvalue weighted by Crippen LogP contribution is -2.25. The number of hydrogen-bond acceptors (Lipinski definition) is 2. The van der Waals surface area contributed by atoms with E-state index in [-0.39, 0.29) is 11.1 Å². The van der Waals surface area contributed by atoms with E-state index in [4.69, 9.17) is 0 Å². The summed E-state index contributed by atoms with van der Waals surface area (Å²) in [5.74, 6) is -0.381. The Morgan fingerprint density at radius 3 is 2.33 bits per heavy atom. The number of nitrogens with zero attached hydrogens (tertiary/aromatic N) is 1. The molecule has 2 rings (SSSR count). The van der Waals surface area contributed by atoms with E-state index in [1.54, 1.807) is 0 Å². The van der Waals surface area contributed by atoms with Crippen LogP contribution in [0, 0.1) is 23.0 Å². The van der Waals surface area contributed by atoms with Crippen molar-refractivity contribution in [3.05, 3.63) is 29.3 Å². The molecule has 0 aromatic heterocycles. The highest BCUT2D eigenvalue weighted by Gasteiger charge is 2.32. The van der Waals surface area contributed by atoms with Crippen LogP contribution in [0.5, 0.6) is 0 Å². The van der Waals surface area contributed by atoms with Gasteiger partial charge in [0.2, 0.25) is 0 Å². The molecule has 1 aliphatic heterocycles. The number of benzene rings is 1. The summed E-state index contributed by atoms with van der Waals surface area (Å²) < 4.78 is 28.6. The summed E-state index contributed by atoms with van der Waals surface area (Å²) in [6.07, 6.45) is 0.962. The Morgan fingerprint density at radius 2 is 1.86 bits per heavy atom. The first-order valence-electron chi connectivity index (χ1n) is 7.72. The van der Waals surface area contributed by atoms with E-state index in [1.165, 1.54) is 12.1 Å². The van der Waals surface area contributed by atoms with Crippen molar-refractivity contribution in [2.24, 2.45) is 11.3 Å². The molecule has 0 unspecified atom stereocenters. The maximum absolute atomic E-state index is 14.3. The molecule has 1 aromatic carbocycles. The Morgan fingerprint density at radius 1 is 1.24 bits per heavy atom. The van der Waals surface area contributed by atoms with Crippen LogP contribution in [0.2, 0.25) is 0 Å². The second-order valence-electron chi connectivity index (χ2n) is 7.27. The zero-order valence-corrected chi connectivity index (χ0v) is 13.5. The smallest absolute Gasteiger partial charge is 0.149 e. The topological polar surface area (TPSA) is 15.3 Å². The lowest BCUT2D eigenvalue weighted by molar-refractivity contribution is 0.417. The van der Waals surface area contributed by atoms with Gasteiger partial charge in [0.15, 0.2) is 0 Å². The van der Waals surface area contributed by atoms with Crippen molar-refractivity contribution in [2.75, 3.05) is 24.5 Å². The Bertz CT molecular complexity index is 475. The van der Waals surface area contributed by atoms with E-state index in [9.17, 15) is 8.78 Å². The van der Waals surface area contributed by atoms with Gasteiger partial charge in [0.25, 0.3) is 0 Å². The SMILES string of the molecule is CC(C)CNCc1cc(F)c(N2CCC(C)(C)C2)c(F)c1. The average molecular weight is 296 g/mol. The minimum atomic E-state index is -0.450. The van der Waals surface area contributed by atoms with E-state index in [2.05, 4.69) is 33.0 Å². The van der Waals surface area contributed by atoms with E-state index in [0.717, 1.165) is 13.0 Å².